The van der Waals surface area contributed by atoms with Gasteiger partial charge in [0.25, 0.3) is 5.91 Å². The molecule has 6 nitrogen and oxygen atoms in total. The molecule has 0 unspecified atom stereocenters. The molecule has 2 aliphatic rings. The van der Waals surface area contributed by atoms with Crippen LogP contribution < -0.4 is 10.6 Å². The number of nitrogens with one attached hydrogen (secondary N) is 2. The van der Waals surface area contributed by atoms with E-state index in [0.29, 0.717) is 17.7 Å². The van der Waals surface area contributed by atoms with Crippen LogP contribution in [0.1, 0.15) is 48.7 Å². The van der Waals surface area contributed by atoms with Crippen molar-refractivity contribution in [2.75, 3.05) is 25.0 Å². The number of amides is 1. The van der Waals surface area contributed by atoms with Crippen LogP contribution in [0.25, 0.3) is 0 Å². The molecule has 2 aromatic rings. The van der Waals surface area contributed by atoms with Crippen LogP contribution >= 0.6 is 24.0 Å². The van der Waals surface area contributed by atoms with Crippen LogP contribution in [0.3, 0.4) is 0 Å². The Morgan fingerprint density at radius 1 is 1.21 bits per heavy atom. The lowest BCUT2D eigenvalue weighted by atomic mass is 9.68. The van der Waals surface area contributed by atoms with E-state index in [4.69, 9.17) is 9.41 Å². The summed E-state index contributed by atoms with van der Waals surface area (Å²) in [6.45, 7) is 5.85. The number of hydrogen-bond acceptors (Lipinski definition) is 3. The largest absolute Gasteiger partial charge is 0.459 e. The molecule has 1 aromatic heterocycles. The second kappa shape index (κ2) is 9.65. The quantitative estimate of drug-likeness (QED) is 0.355. The van der Waals surface area contributed by atoms with Gasteiger partial charge in [-0.2, -0.15) is 0 Å². The third-order valence-electron chi connectivity index (χ3n) is 5.86. The number of nitrogens with zero attached hydrogens (tertiary/aromatic N) is 2. The van der Waals surface area contributed by atoms with Gasteiger partial charge in [-0.1, -0.05) is 18.6 Å². The number of furan rings is 1. The van der Waals surface area contributed by atoms with Crippen LogP contribution in [0.2, 0.25) is 0 Å². The highest BCUT2D eigenvalue weighted by Crippen LogP contribution is 2.47. The predicted molar refractivity (Wildman–Crippen MR) is 126 cm³/mol. The number of hydrogen-bond donors (Lipinski definition) is 2. The highest BCUT2D eigenvalue weighted by Gasteiger charge is 2.43. The molecule has 2 heterocycles. The summed E-state index contributed by atoms with van der Waals surface area (Å²) in [5.41, 5.74) is 2.42. The summed E-state index contributed by atoms with van der Waals surface area (Å²) in [4.78, 5) is 19.3. The molecule has 1 aliphatic heterocycles. The van der Waals surface area contributed by atoms with E-state index >= 15 is 0 Å². The molecule has 1 spiro atoms. The number of halogens is 1. The molecule has 4 rings (SSSR count). The van der Waals surface area contributed by atoms with Gasteiger partial charge in [0, 0.05) is 25.3 Å². The lowest BCUT2D eigenvalue weighted by molar-refractivity contribution is 0.0996. The van der Waals surface area contributed by atoms with Gasteiger partial charge in [-0.05, 0) is 61.4 Å². The molecule has 2 fully saturated rings. The van der Waals surface area contributed by atoms with Gasteiger partial charge in [-0.25, -0.2) is 4.99 Å². The minimum absolute atomic E-state index is 0. The molecule has 0 atom stereocenters. The van der Waals surface area contributed by atoms with Crippen molar-refractivity contribution < 1.29 is 9.21 Å². The van der Waals surface area contributed by atoms with E-state index in [1.165, 1.54) is 31.9 Å². The third kappa shape index (κ3) is 5.12. The first kappa shape index (κ1) is 21.7. The van der Waals surface area contributed by atoms with Crippen molar-refractivity contribution in [3.8, 4) is 0 Å². The number of aliphatic imine (C=N–C) groups is 1. The van der Waals surface area contributed by atoms with Gasteiger partial charge in [-0.15, -0.1) is 24.0 Å². The summed E-state index contributed by atoms with van der Waals surface area (Å²) in [5, 5.41) is 6.28. The van der Waals surface area contributed by atoms with Crippen LogP contribution in [0.4, 0.5) is 5.69 Å². The molecule has 0 bridgehead atoms. The first-order valence-electron chi connectivity index (χ1n) is 10.1. The Bertz CT molecular complexity index is 829. The first-order chi connectivity index (χ1) is 13.7. The average Bonchev–Trinajstić information content (AvgIpc) is 3.36. The Labute approximate surface area is 189 Å². The zero-order chi connectivity index (χ0) is 19.4. The van der Waals surface area contributed by atoms with Gasteiger partial charge in [0.2, 0.25) is 0 Å². The molecule has 7 heteroatoms. The van der Waals surface area contributed by atoms with Crippen molar-refractivity contribution in [2.45, 2.75) is 39.2 Å². The van der Waals surface area contributed by atoms with E-state index in [1.54, 1.807) is 12.1 Å². The Morgan fingerprint density at radius 3 is 2.59 bits per heavy atom. The van der Waals surface area contributed by atoms with Crippen molar-refractivity contribution in [3.63, 3.8) is 0 Å². The van der Waals surface area contributed by atoms with E-state index in [2.05, 4.69) is 22.5 Å². The third-order valence-corrected chi connectivity index (χ3v) is 5.86. The van der Waals surface area contributed by atoms with Crippen molar-refractivity contribution >= 4 is 41.5 Å². The molecule has 0 radical (unpaired) electrons. The molecule has 1 saturated carbocycles. The molecule has 156 valence electrons. The SMILES string of the molecule is CCNC(=NCc1ccc(NC(=O)c2ccco2)cc1)N1CCC2(CCC2)C1.I. The van der Waals surface area contributed by atoms with Crippen molar-refractivity contribution in [1.82, 2.24) is 10.2 Å². The molecule has 1 aromatic carbocycles. The van der Waals surface area contributed by atoms with E-state index in [9.17, 15) is 4.79 Å². The van der Waals surface area contributed by atoms with Crippen molar-refractivity contribution in [2.24, 2.45) is 10.4 Å². The molecular formula is C22H29IN4O2. The molecule has 1 amide bonds. The maximum atomic E-state index is 12.0. The highest BCUT2D eigenvalue weighted by atomic mass is 127. The number of guanidine groups is 1. The second-order valence-electron chi connectivity index (χ2n) is 7.82. The standard InChI is InChI=1S/C22H28N4O2.HI/c1-2-23-21(26-13-12-22(16-26)10-4-11-22)24-15-17-6-8-18(9-7-17)25-20(27)19-5-3-14-28-19;/h3,5-9,14H,2,4,10-13,15-16H2,1H3,(H,23,24)(H,25,27);1H. The zero-order valence-corrected chi connectivity index (χ0v) is 19.1. The molecule has 1 saturated heterocycles. The van der Waals surface area contributed by atoms with Crippen LogP contribution in [0.5, 0.6) is 0 Å². The Balaban J connectivity index is 0.00000240. The normalized spacial score (nSPS) is 17.6. The minimum Gasteiger partial charge on any atom is -0.459 e. The Kier molecular flexibility index (Phi) is 7.21. The number of rotatable bonds is 5. The van der Waals surface area contributed by atoms with Crippen LogP contribution in [-0.2, 0) is 6.54 Å². The number of carbonyl (C=O) groups excluding carboxylic acids is 1. The van der Waals surface area contributed by atoms with Gasteiger partial charge in [-0.3, -0.25) is 4.79 Å². The molecular weight excluding hydrogens is 479 g/mol. The second-order valence-corrected chi connectivity index (χ2v) is 7.82. The Hall–Kier alpha value is -2.03. The van der Waals surface area contributed by atoms with E-state index in [1.807, 2.05) is 24.3 Å². The van der Waals surface area contributed by atoms with Gasteiger partial charge in [0.15, 0.2) is 11.7 Å². The minimum atomic E-state index is -0.246. The van der Waals surface area contributed by atoms with E-state index < -0.39 is 0 Å². The fourth-order valence-corrected chi connectivity index (χ4v) is 4.09. The van der Waals surface area contributed by atoms with Gasteiger partial charge in [0.05, 0.1) is 12.8 Å². The van der Waals surface area contributed by atoms with Gasteiger partial charge < -0.3 is 20.0 Å². The summed E-state index contributed by atoms with van der Waals surface area (Å²) >= 11 is 0. The fraction of sp³-hybridized carbons (Fsp3) is 0.455. The highest BCUT2D eigenvalue weighted by molar-refractivity contribution is 14.0. The summed E-state index contributed by atoms with van der Waals surface area (Å²) in [6.07, 6.45) is 6.90. The summed E-state index contributed by atoms with van der Waals surface area (Å²) in [6, 6.07) is 11.2. The van der Waals surface area contributed by atoms with E-state index in [-0.39, 0.29) is 29.9 Å². The number of anilines is 1. The van der Waals surface area contributed by atoms with Crippen molar-refractivity contribution in [3.05, 3.63) is 54.0 Å². The van der Waals surface area contributed by atoms with Crippen LogP contribution in [0.15, 0.2) is 52.1 Å². The van der Waals surface area contributed by atoms with Crippen LogP contribution in [-0.4, -0.2) is 36.4 Å². The first-order valence-corrected chi connectivity index (χ1v) is 10.1. The summed E-state index contributed by atoms with van der Waals surface area (Å²) in [5.74, 6) is 1.07. The number of benzene rings is 1. The monoisotopic (exact) mass is 508 g/mol. The lowest BCUT2D eigenvalue weighted by Gasteiger charge is -2.38. The van der Waals surface area contributed by atoms with E-state index in [0.717, 1.165) is 36.8 Å². The topological polar surface area (TPSA) is 69.9 Å². The molecule has 29 heavy (non-hydrogen) atoms. The van der Waals surface area contributed by atoms with Crippen molar-refractivity contribution in [1.29, 1.82) is 0 Å². The summed E-state index contributed by atoms with van der Waals surface area (Å²) in [7, 11) is 0. The lowest BCUT2D eigenvalue weighted by Crippen LogP contribution is -2.42. The van der Waals surface area contributed by atoms with Gasteiger partial charge in [0.1, 0.15) is 0 Å². The fourth-order valence-electron chi connectivity index (χ4n) is 4.09. The smallest absolute Gasteiger partial charge is 0.291 e. The zero-order valence-electron chi connectivity index (χ0n) is 16.8. The number of likely N-dealkylation sites (tertiary alicyclic amines) is 1. The summed E-state index contributed by atoms with van der Waals surface area (Å²) < 4.78 is 5.11. The predicted octanol–water partition coefficient (Wildman–Crippen LogP) is 4.49. The molecule has 1 aliphatic carbocycles. The van der Waals surface area contributed by atoms with Crippen LogP contribution in [0, 0.1) is 5.41 Å². The Morgan fingerprint density at radius 2 is 2.00 bits per heavy atom. The van der Waals surface area contributed by atoms with Gasteiger partial charge >= 0.3 is 0 Å². The number of carbonyl (C=O) groups is 1. The molecule has 2 N–H and O–H groups in total. The average molecular weight is 508 g/mol. The maximum absolute atomic E-state index is 12.0. The maximum Gasteiger partial charge on any atom is 0.291 e.